The van der Waals surface area contributed by atoms with E-state index >= 15 is 0 Å². The van der Waals surface area contributed by atoms with Gasteiger partial charge in [-0.05, 0) is 69.4 Å². The lowest BCUT2D eigenvalue weighted by Gasteiger charge is -2.26. The van der Waals surface area contributed by atoms with Gasteiger partial charge in [-0.15, -0.1) is 24.0 Å². The van der Waals surface area contributed by atoms with Crippen molar-refractivity contribution >= 4 is 35.8 Å². The molecule has 1 saturated heterocycles. The summed E-state index contributed by atoms with van der Waals surface area (Å²) < 4.78 is 0. The van der Waals surface area contributed by atoms with E-state index in [4.69, 9.17) is 0 Å². The number of unbranched alkanes of at least 4 members (excludes halogenated alkanes) is 2. The molecule has 6 nitrogen and oxygen atoms in total. The Labute approximate surface area is 193 Å². The zero-order chi connectivity index (χ0) is 20.0. The molecule has 2 rings (SSSR count). The van der Waals surface area contributed by atoms with Crippen molar-refractivity contribution in [2.24, 2.45) is 4.99 Å². The lowest BCUT2D eigenvalue weighted by Crippen LogP contribution is -2.38. The van der Waals surface area contributed by atoms with Crippen molar-refractivity contribution in [3.63, 3.8) is 0 Å². The Kier molecular flexibility index (Phi) is 13.7. The molecule has 1 fully saturated rings. The van der Waals surface area contributed by atoms with Crippen molar-refractivity contribution in [1.29, 1.82) is 0 Å². The summed E-state index contributed by atoms with van der Waals surface area (Å²) in [5.41, 5.74) is 1.84. The van der Waals surface area contributed by atoms with Crippen molar-refractivity contribution in [3.8, 4) is 0 Å². The number of rotatable bonds is 10. The van der Waals surface area contributed by atoms with Gasteiger partial charge in [-0.3, -0.25) is 9.79 Å². The zero-order valence-corrected chi connectivity index (χ0v) is 20.3. The Balaban J connectivity index is 0.00000420. The van der Waals surface area contributed by atoms with E-state index in [9.17, 15) is 4.79 Å². The predicted molar refractivity (Wildman–Crippen MR) is 132 cm³/mol. The summed E-state index contributed by atoms with van der Waals surface area (Å²) in [5.74, 6) is 0.797. The molecule has 0 aliphatic carbocycles. The average Bonchev–Trinajstić information content (AvgIpc) is 2.75. The predicted octanol–water partition coefficient (Wildman–Crippen LogP) is 3.03. The Morgan fingerprint density at radius 2 is 1.83 bits per heavy atom. The number of carbonyl (C=O) groups excluding carboxylic acids is 1. The molecular formula is C22H38IN5O. The molecular weight excluding hydrogens is 477 g/mol. The van der Waals surface area contributed by atoms with E-state index in [1.807, 2.05) is 24.3 Å². The third kappa shape index (κ3) is 10.3. The van der Waals surface area contributed by atoms with Crippen LogP contribution in [0, 0.1) is 0 Å². The second-order valence-corrected chi connectivity index (χ2v) is 7.42. The Morgan fingerprint density at radius 3 is 2.55 bits per heavy atom. The topological polar surface area (TPSA) is 68.8 Å². The summed E-state index contributed by atoms with van der Waals surface area (Å²) in [7, 11) is 3.46. The van der Waals surface area contributed by atoms with E-state index in [1.54, 1.807) is 14.1 Å². The van der Waals surface area contributed by atoms with Crippen molar-refractivity contribution in [2.45, 2.75) is 44.9 Å². The Hall–Kier alpha value is -1.35. The third-order valence-corrected chi connectivity index (χ3v) is 5.24. The molecule has 0 radical (unpaired) electrons. The van der Waals surface area contributed by atoms with Gasteiger partial charge in [-0.25, -0.2) is 0 Å². The van der Waals surface area contributed by atoms with Gasteiger partial charge in [-0.1, -0.05) is 25.0 Å². The summed E-state index contributed by atoms with van der Waals surface area (Å²) in [6.07, 6.45) is 8.72. The monoisotopic (exact) mass is 515 g/mol. The number of piperidine rings is 1. The van der Waals surface area contributed by atoms with Crippen LogP contribution in [-0.4, -0.2) is 63.6 Å². The highest BCUT2D eigenvalue weighted by Gasteiger charge is 2.08. The van der Waals surface area contributed by atoms with Gasteiger partial charge in [0.1, 0.15) is 0 Å². The fourth-order valence-electron chi connectivity index (χ4n) is 3.59. The molecule has 1 aromatic rings. The minimum atomic E-state index is -0.0485. The molecule has 3 N–H and O–H groups in total. The Bertz CT molecular complexity index is 617. The van der Waals surface area contributed by atoms with Gasteiger partial charge >= 0.3 is 0 Å². The number of hydrogen-bond acceptors (Lipinski definition) is 3. The van der Waals surface area contributed by atoms with Crippen LogP contribution in [0.15, 0.2) is 29.3 Å². The molecule has 1 heterocycles. The molecule has 0 bridgehead atoms. The van der Waals surface area contributed by atoms with Gasteiger partial charge in [0, 0.05) is 32.7 Å². The highest BCUT2D eigenvalue weighted by molar-refractivity contribution is 14.0. The number of aliphatic imine (C=N–C) groups is 1. The first-order valence-electron chi connectivity index (χ1n) is 10.7. The lowest BCUT2D eigenvalue weighted by atomic mass is 10.1. The van der Waals surface area contributed by atoms with E-state index in [-0.39, 0.29) is 29.9 Å². The van der Waals surface area contributed by atoms with Crippen LogP contribution < -0.4 is 16.0 Å². The van der Waals surface area contributed by atoms with Crippen molar-refractivity contribution in [1.82, 2.24) is 20.9 Å². The summed E-state index contributed by atoms with van der Waals surface area (Å²) in [5, 5.41) is 9.41. The number of hydrogen-bond donors (Lipinski definition) is 3. The van der Waals surface area contributed by atoms with Crippen LogP contribution in [-0.2, 0) is 6.42 Å². The molecule has 1 aromatic carbocycles. The molecule has 1 aliphatic heterocycles. The van der Waals surface area contributed by atoms with Crippen LogP contribution in [0.2, 0.25) is 0 Å². The van der Waals surface area contributed by atoms with Crippen molar-refractivity contribution < 1.29 is 4.79 Å². The first kappa shape index (κ1) is 25.7. The number of benzene rings is 1. The normalized spacial score (nSPS) is 14.8. The van der Waals surface area contributed by atoms with E-state index in [0.717, 1.165) is 31.0 Å². The second-order valence-electron chi connectivity index (χ2n) is 7.42. The summed E-state index contributed by atoms with van der Waals surface area (Å²) >= 11 is 0. The number of likely N-dealkylation sites (tertiary alicyclic amines) is 1. The Morgan fingerprint density at radius 1 is 1.07 bits per heavy atom. The van der Waals surface area contributed by atoms with Crippen LogP contribution in [0.25, 0.3) is 0 Å². The van der Waals surface area contributed by atoms with Crippen molar-refractivity contribution in [2.75, 3.05) is 46.8 Å². The highest BCUT2D eigenvalue weighted by atomic mass is 127. The molecule has 0 aromatic heterocycles. The second kappa shape index (κ2) is 15.5. The van der Waals surface area contributed by atoms with Crippen LogP contribution in [0.5, 0.6) is 0 Å². The van der Waals surface area contributed by atoms with Gasteiger partial charge in [-0.2, -0.15) is 0 Å². The largest absolute Gasteiger partial charge is 0.356 e. The number of halogens is 1. The summed E-state index contributed by atoms with van der Waals surface area (Å²) in [6, 6.07) is 7.75. The van der Waals surface area contributed by atoms with E-state index in [2.05, 4.69) is 25.8 Å². The van der Waals surface area contributed by atoms with Crippen LogP contribution in [0.4, 0.5) is 0 Å². The summed E-state index contributed by atoms with van der Waals surface area (Å²) in [4.78, 5) is 18.6. The standard InChI is InChI=1S/C22H37N5O.HI/c1-23-21(28)20-11-9-10-19(18-20)12-14-26-22(24-2)25-13-5-3-6-15-27-16-7-4-8-17-27;/h9-11,18H,3-8,12-17H2,1-2H3,(H,23,28)(H2,24,25,26);1H. The zero-order valence-electron chi connectivity index (χ0n) is 18.0. The maximum atomic E-state index is 11.7. The number of carbonyl (C=O) groups is 1. The third-order valence-electron chi connectivity index (χ3n) is 5.24. The lowest BCUT2D eigenvalue weighted by molar-refractivity contribution is 0.0963. The maximum Gasteiger partial charge on any atom is 0.251 e. The van der Waals surface area contributed by atoms with Gasteiger partial charge in [0.15, 0.2) is 5.96 Å². The molecule has 1 amide bonds. The molecule has 0 unspecified atom stereocenters. The quantitative estimate of drug-likeness (QED) is 0.194. The van der Waals surface area contributed by atoms with E-state index in [1.165, 1.54) is 58.2 Å². The molecule has 164 valence electrons. The van der Waals surface area contributed by atoms with Gasteiger partial charge in [0.05, 0.1) is 0 Å². The first-order chi connectivity index (χ1) is 13.7. The smallest absolute Gasteiger partial charge is 0.251 e. The molecule has 29 heavy (non-hydrogen) atoms. The molecule has 1 aliphatic rings. The highest BCUT2D eigenvalue weighted by Crippen LogP contribution is 2.09. The molecule has 7 heteroatoms. The van der Waals surface area contributed by atoms with E-state index < -0.39 is 0 Å². The summed E-state index contributed by atoms with van der Waals surface area (Å²) in [6.45, 7) is 5.57. The fraction of sp³-hybridized carbons (Fsp3) is 0.636. The minimum Gasteiger partial charge on any atom is -0.356 e. The average molecular weight is 515 g/mol. The SMILES string of the molecule is CN=C(NCCCCCN1CCCCC1)NCCc1cccc(C(=O)NC)c1.I. The molecule has 0 saturated carbocycles. The van der Waals surface area contributed by atoms with Gasteiger partial charge in [0.25, 0.3) is 5.91 Å². The minimum absolute atomic E-state index is 0. The van der Waals surface area contributed by atoms with Crippen LogP contribution >= 0.6 is 24.0 Å². The maximum absolute atomic E-state index is 11.7. The van der Waals surface area contributed by atoms with Crippen molar-refractivity contribution in [3.05, 3.63) is 35.4 Å². The molecule has 0 atom stereocenters. The fourth-order valence-corrected chi connectivity index (χ4v) is 3.59. The van der Waals surface area contributed by atoms with Gasteiger partial charge in [0.2, 0.25) is 0 Å². The van der Waals surface area contributed by atoms with Crippen LogP contribution in [0.3, 0.4) is 0 Å². The number of nitrogens with one attached hydrogen (secondary N) is 3. The number of guanidine groups is 1. The first-order valence-corrected chi connectivity index (χ1v) is 10.7. The van der Waals surface area contributed by atoms with E-state index in [0.29, 0.717) is 5.56 Å². The number of nitrogens with zero attached hydrogens (tertiary/aromatic N) is 2. The van der Waals surface area contributed by atoms with Gasteiger partial charge < -0.3 is 20.9 Å². The molecule has 0 spiro atoms. The van der Waals surface area contributed by atoms with Crippen LogP contribution in [0.1, 0.15) is 54.4 Å². The number of amides is 1.